The Balaban J connectivity index is 1.32. The van der Waals surface area contributed by atoms with Crippen molar-refractivity contribution in [3.8, 4) is 0 Å². The monoisotopic (exact) mass is 592 g/mol. The molecule has 0 radical (unpaired) electrons. The Morgan fingerprint density at radius 3 is 2.33 bits per heavy atom. The first-order valence-corrected chi connectivity index (χ1v) is 16.2. The molecule has 2 heterocycles. The van der Waals surface area contributed by atoms with E-state index in [0.29, 0.717) is 18.3 Å². The van der Waals surface area contributed by atoms with E-state index in [0.717, 1.165) is 38.5 Å². The maximum atomic E-state index is 13.8. The van der Waals surface area contributed by atoms with Gasteiger partial charge in [0.1, 0.15) is 30.2 Å². The summed E-state index contributed by atoms with van der Waals surface area (Å²) in [6, 6.07) is 0. The minimum absolute atomic E-state index is 0.0202. The maximum Gasteiger partial charge on any atom is 0.306 e. The summed E-state index contributed by atoms with van der Waals surface area (Å²) in [6.45, 7) is 5.86. The molecule has 15 atom stereocenters. The smallest absolute Gasteiger partial charge is 0.306 e. The van der Waals surface area contributed by atoms with Crippen molar-refractivity contribution in [3.63, 3.8) is 0 Å². The van der Waals surface area contributed by atoms with Gasteiger partial charge in [-0.3, -0.25) is 9.59 Å². The lowest BCUT2D eigenvalue weighted by atomic mass is 9.71. The van der Waals surface area contributed by atoms with Crippen LogP contribution in [-0.2, 0) is 38.0 Å². The van der Waals surface area contributed by atoms with E-state index < -0.39 is 24.4 Å². The highest BCUT2D eigenvalue weighted by Crippen LogP contribution is 2.57. The van der Waals surface area contributed by atoms with Gasteiger partial charge >= 0.3 is 5.97 Å². The van der Waals surface area contributed by atoms with Crippen LogP contribution in [0.15, 0.2) is 12.2 Å². The van der Waals surface area contributed by atoms with Gasteiger partial charge in [-0.1, -0.05) is 26.0 Å². The van der Waals surface area contributed by atoms with Crippen molar-refractivity contribution < 1.29 is 43.1 Å². The third kappa shape index (κ3) is 6.24. The molecule has 9 heteroatoms. The molecule has 0 aromatic carbocycles. The van der Waals surface area contributed by atoms with E-state index in [9.17, 15) is 14.7 Å². The molecule has 42 heavy (non-hydrogen) atoms. The number of esters is 1. The number of aliphatic hydroxyl groups excluding tert-OH is 1. The summed E-state index contributed by atoms with van der Waals surface area (Å²) in [6.07, 6.45) is 7.45. The minimum Gasteiger partial charge on any atom is -0.462 e. The second kappa shape index (κ2) is 13.7. The van der Waals surface area contributed by atoms with E-state index in [1.165, 1.54) is 0 Å². The number of cyclic esters (lactones) is 1. The van der Waals surface area contributed by atoms with Gasteiger partial charge in [-0.25, -0.2) is 0 Å². The molecule has 0 aromatic heterocycles. The van der Waals surface area contributed by atoms with Gasteiger partial charge in [0, 0.05) is 39.6 Å². The Morgan fingerprint density at radius 2 is 1.64 bits per heavy atom. The predicted molar refractivity (Wildman–Crippen MR) is 154 cm³/mol. The molecule has 9 nitrogen and oxygen atoms in total. The zero-order chi connectivity index (χ0) is 30.1. The molecule has 0 amide bonds. The minimum atomic E-state index is -0.666. The van der Waals surface area contributed by atoms with Gasteiger partial charge in [0.05, 0.1) is 18.3 Å². The Bertz CT molecular complexity index is 969. The van der Waals surface area contributed by atoms with Crippen LogP contribution < -0.4 is 0 Å². The Kier molecular flexibility index (Phi) is 10.5. The topological polar surface area (TPSA) is 110 Å². The molecule has 5 aliphatic rings. The lowest BCUT2D eigenvalue weighted by Crippen LogP contribution is -2.59. The molecule has 0 unspecified atom stereocenters. The number of fused-ring (bicyclic) bond motifs is 5. The number of hydrogen-bond acceptors (Lipinski definition) is 9. The van der Waals surface area contributed by atoms with Crippen LogP contribution >= 0.6 is 0 Å². The van der Waals surface area contributed by atoms with Crippen LogP contribution in [0.1, 0.15) is 72.1 Å². The number of methoxy groups -OCH3 is 3. The first-order valence-electron chi connectivity index (χ1n) is 16.2. The zero-order valence-electron chi connectivity index (χ0n) is 26.2. The van der Waals surface area contributed by atoms with E-state index in [4.69, 9.17) is 28.4 Å². The molecule has 4 fully saturated rings. The van der Waals surface area contributed by atoms with Crippen LogP contribution in [0.2, 0.25) is 0 Å². The fraction of sp³-hybridized carbons (Fsp3) is 0.879. The van der Waals surface area contributed by atoms with E-state index in [2.05, 4.69) is 12.2 Å². The van der Waals surface area contributed by atoms with Gasteiger partial charge in [-0.15, -0.1) is 0 Å². The number of hydrogen-bond donors (Lipinski definition) is 1. The summed E-state index contributed by atoms with van der Waals surface area (Å²) in [4.78, 5) is 27.0. The van der Waals surface area contributed by atoms with Crippen LogP contribution in [0.3, 0.4) is 0 Å². The highest BCUT2D eigenvalue weighted by molar-refractivity contribution is 5.85. The molecule has 1 N–H and O–H groups in total. The van der Waals surface area contributed by atoms with Crippen molar-refractivity contribution in [1.82, 2.24) is 0 Å². The van der Waals surface area contributed by atoms with Crippen LogP contribution in [0.25, 0.3) is 0 Å². The number of rotatable bonds is 6. The predicted octanol–water partition coefficient (Wildman–Crippen LogP) is 4.09. The Morgan fingerprint density at radius 1 is 0.905 bits per heavy atom. The highest BCUT2D eigenvalue weighted by Gasteiger charge is 2.55. The first-order chi connectivity index (χ1) is 20.2. The second-order valence-electron chi connectivity index (χ2n) is 13.4. The largest absolute Gasteiger partial charge is 0.462 e. The van der Waals surface area contributed by atoms with Crippen molar-refractivity contribution in [3.05, 3.63) is 12.2 Å². The molecular formula is C33H52O9. The summed E-state index contributed by atoms with van der Waals surface area (Å²) in [5.74, 6) is 0.229. The molecule has 2 aliphatic heterocycles. The molecule has 2 saturated heterocycles. The third-order valence-corrected chi connectivity index (χ3v) is 11.2. The van der Waals surface area contributed by atoms with Gasteiger partial charge in [0.25, 0.3) is 0 Å². The van der Waals surface area contributed by atoms with Crippen molar-refractivity contribution in [2.24, 2.45) is 41.4 Å². The number of aliphatic hydroxyl groups is 1. The normalized spacial score (nSPS) is 48.0. The average Bonchev–Trinajstić information content (AvgIpc) is 3.55. The summed E-state index contributed by atoms with van der Waals surface area (Å²) >= 11 is 0. The SMILES string of the molecule is CC[C@H]1CCC[C@H](O)[C@@H](C)C(=O)[C@@H]2C[C@@H]3[C@@H](C=C[C@@H]4C[C@@H](O[C@@H]5O[C@@H](C)[C@H](OC)[C@@H](OC)[C@H]5OC)C[C@@H]34)[C@@H]2CC(=O)O1. The second-order valence-corrected chi connectivity index (χ2v) is 13.4. The fourth-order valence-electron chi connectivity index (χ4n) is 8.93. The van der Waals surface area contributed by atoms with Crippen LogP contribution in [-0.4, -0.2) is 87.2 Å². The van der Waals surface area contributed by atoms with E-state index in [-0.39, 0.29) is 72.4 Å². The van der Waals surface area contributed by atoms with Crippen molar-refractivity contribution in [2.45, 2.75) is 121 Å². The van der Waals surface area contributed by atoms with Crippen LogP contribution in [0, 0.1) is 41.4 Å². The molecule has 238 valence electrons. The van der Waals surface area contributed by atoms with Crippen molar-refractivity contribution >= 4 is 11.8 Å². The van der Waals surface area contributed by atoms with Gasteiger partial charge in [0.2, 0.25) is 0 Å². The molecule has 0 spiro atoms. The Hall–Kier alpha value is -1.36. The van der Waals surface area contributed by atoms with Crippen molar-refractivity contribution in [1.29, 1.82) is 0 Å². The number of carbonyl (C=O) groups is 2. The highest BCUT2D eigenvalue weighted by atomic mass is 16.7. The maximum absolute atomic E-state index is 13.8. The number of Topliss-reactive ketones (excluding diaryl/α,β-unsaturated/α-hetero) is 1. The summed E-state index contributed by atoms with van der Waals surface area (Å²) < 4.78 is 36.0. The fourth-order valence-corrected chi connectivity index (χ4v) is 8.93. The van der Waals surface area contributed by atoms with Crippen LogP contribution in [0.4, 0.5) is 0 Å². The van der Waals surface area contributed by atoms with Crippen molar-refractivity contribution in [2.75, 3.05) is 21.3 Å². The number of ether oxygens (including phenoxy) is 6. The summed E-state index contributed by atoms with van der Waals surface area (Å²) in [5.41, 5.74) is 0. The van der Waals surface area contributed by atoms with E-state index >= 15 is 0 Å². The van der Waals surface area contributed by atoms with Gasteiger partial charge in [-0.05, 0) is 81.5 Å². The molecule has 0 aromatic rings. The number of ketones is 1. The lowest BCUT2D eigenvalue weighted by molar-refractivity contribution is -0.314. The molecule has 2 saturated carbocycles. The number of allylic oxidation sites excluding steroid dienone is 2. The van der Waals surface area contributed by atoms with E-state index in [1.807, 2.05) is 20.8 Å². The summed E-state index contributed by atoms with van der Waals surface area (Å²) in [7, 11) is 4.95. The standard InChI is InChI=1S/C33H52O9/c1-7-20-9-8-10-27(34)17(2)29(36)26-15-24-22(25(26)16-28(35)41-20)12-11-19-13-21(14-23(19)24)42-33-32(39-6)31(38-5)30(37-4)18(3)40-33/h11-12,17-27,30-34H,7-10,13-16H2,1-6H3/t17-,18+,19-,20+,21-,22-,23-,24-,25+,26-,27+,30+,31-,32-,33+/m1/s1. The first kappa shape index (κ1) is 32.0. The van der Waals surface area contributed by atoms with Crippen LogP contribution in [0.5, 0.6) is 0 Å². The Labute approximate surface area is 250 Å². The molecule has 3 aliphatic carbocycles. The molecular weight excluding hydrogens is 540 g/mol. The third-order valence-electron chi connectivity index (χ3n) is 11.2. The zero-order valence-corrected chi connectivity index (χ0v) is 26.2. The average molecular weight is 593 g/mol. The van der Waals surface area contributed by atoms with E-state index in [1.54, 1.807) is 21.3 Å². The lowest BCUT2D eigenvalue weighted by Gasteiger charge is -2.44. The number of carbonyl (C=O) groups excluding carboxylic acids is 2. The van der Waals surface area contributed by atoms with Gasteiger partial charge in [-0.2, -0.15) is 0 Å². The van der Waals surface area contributed by atoms with Gasteiger partial charge in [0.15, 0.2) is 6.29 Å². The van der Waals surface area contributed by atoms with Gasteiger partial charge < -0.3 is 33.5 Å². The molecule has 0 bridgehead atoms. The quantitative estimate of drug-likeness (QED) is 0.360. The summed E-state index contributed by atoms with van der Waals surface area (Å²) in [5, 5.41) is 10.9. The molecule has 5 rings (SSSR count).